The summed E-state index contributed by atoms with van der Waals surface area (Å²) in [7, 11) is -0.994. The quantitative estimate of drug-likeness (QED) is 0.470. The standard InChI is InChI=1S/C20H15Cl2N3O3S2/c1-25(2)30(27,28)14-7-8-17(22)15(9-14)19(26)16(10-23)20-24-18(11-29-20)12-3-5-13(21)6-4-12/h3-9,11,16H,1-2H3. The number of sulfonamides is 1. The average molecular weight is 480 g/mol. The monoisotopic (exact) mass is 479 g/mol. The van der Waals surface area contributed by atoms with Crippen LogP contribution in [0, 0.1) is 11.3 Å². The van der Waals surface area contributed by atoms with E-state index in [1.54, 1.807) is 29.6 Å². The van der Waals surface area contributed by atoms with Crippen molar-refractivity contribution in [1.29, 1.82) is 5.26 Å². The molecule has 1 aromatic heterocycles. The highest BCUT2D eigenvalue weighted by molar-refractivity contribution is 7.89. The Morgan fingerprint density at radius 3 is 2.43 bits per heavy atom. The largest absolute Gasteiger partial charge is 0.292 e. The molecule has 1 atom stereocenters. The smallest absolute Gasteiger partial charge is 0.242 e. The molecule has 0 amide bonds. The van der Waals surface area contributed by atoms with Crippen LogP contribution in [0.2, 0.25) is 10.0 Å². The zero-order chi connectivity index (χ0) is 22.1. The van der Waals surface area contributed by atoms with E-state index in [4.69, 9.17) is 23.2 Å². The topological polar surface area (TPSA) is 91.1 Å². The molecule has 1 heterocycles. The van der Waals surface area contributed by atoms with Crippen molar-refractivity contribution in [3.63, 3.8) is 0 Å². The van der Waals surface area contributed by atoms with Crippen LogP contribution in [-0.4, -0.2) is 37.6 Å². The Bertz CT molecular complexity index is 1250. The summed E-state index contributed by atoms with van der Waals surface area (Å²) >= 11 is 13.2. The molecule has 10 heteroatoms. The molecular formula is C20H15Cl2N3O3S2. The molecule has 0 aliphatic rings. The molecular weight excluding hydrogens is 465 g/mol. The van der Waals surface area contributed by atoms with Crippen LogP contribution in [0.3, 0.4) is 0 Å². The highest BCUT2D eigenvalue weighted by Gasteiger charge is 2.28. The molecule has 0 bridgehead atoms. The maximum absolute atomic E-state index is 13.1. The van der Waals surface area contributed by atoms with Gasteiger partial charge in [0.1, 0.15) is 5.01 Å². The summed E-state index contributed by atoms with van der Waals surface area (Å²) < 4.78 is 25.8. The van der Waals surface area contributed by atoms with Crippen LogP contribution in [0.15, 0.2) is 52.7 Å². The maximum atomic E-state index is 13.1. The van der Waals surface area contributed by atoms with Gasteiger partial charge in [0.15, 0.2) is 11.7 Å². The normalized spacial score (nSPS) is 12.5. The van der Waals surface area contributed by atoms with Gasteiger partial charge in [0, 0.05) is 35.6 Å². The van der Waals surface area contributed by atoms with E-state index in [9.17, 15) is 18.5 Å². The number of hydrogen-bond donors (Lipinski definition) is 0. The lowest BCUT2D eigenvalue weighted by molar-refractivity contribution is 0.0978. The minimum atomic E-state index is -3.77. The van der Waals surface area contributed by atoms with Crippen LogP contribution in [-0.2, 0) is 10.0 Å². The maximum Gasteiger partial charge on any atom is 0.242 e. The Morgan fingerprint density at radius 2 is 1.83 bits per heavy atom. The van der Waals surface area contributed by atoms with Crippen molar-refractivity contribution in [2.45, 2.75) is 10.8 Å². The van der Waals surface area contributed by atoms with Crippen LogP contribution in [0.1, 0.15) is 21.3 Å². The minimum absolute atomic E-state index is 0.0469. The van der Waals surface area contributed by atoms with E-state index in [-0.39, 0.29) is 15.5 Å². The van der Waals surface area contributed by atoms with Gasteiger partial charge >= 0.3 is 0 Å². The number of thiazole rings is 1. The highest BCUT2D eigenvalue weighted by atomic mass is 35.5. The summed E-state index contributed by atoms with van der Waals surface area (Å²) in [6, 6.07) is 12.8. The molecule has 0 aliphatic heterocycles. The molecule has 0 fully saturated rings. The number of benzene rings is 2. The first-order valence-electron chi connectivity index (χ1n) is 8.52. The summed E-state index contributed by atoms with van der Waals surface area (Å²) in [5, 5.41) is 12.3. The number of nitrogens with zero attached hydrogens (tertiary/aromatic N) is 3. The van der Waals surface area contributed by atoms with E-state index in [0.717, 1.165) is 9.87 Å². The van der Waals surface area contributed by atoms with Gasteiger partial charge in [-0.25, -0.2) is 17.7 Å². The molecule has 0 radical (unpaired) electrons. The Morgan fingerprint density at radius 1 is 1.17 bits per heavy atom. The molecule has 3 rings (SSSR count). The van der Waals surface area contributed by atoms with E-state index in [1.165, 1.54) is 43.6 Å². The first kappa shape index (κ1) is 22.4. The van der Waals surface area contributed by atoms with Crippen molar-refractivity contribution in [3.8, 4) is 17.3 Å². The van der Waals surface area contributed by atoms with E-state index >= 15 is 0 Å². The Balaban J connectivity index is 1.98. The Labute approximate surface area is 188 Å². The lowest BCUT2D eigenvalue weighted by Crippen LogP contribution is -2.22. The summed E-state index contributed by atoms with van der Waals surface area (Å²) in [6.07, 6.45) is 0. The van der Waals surface area contributed by atoms with Crippen molar-refractivity contribution < 1.29 is 13.2 Å². The second-order valence-corrected chi connectivity index (χ2v) is 10.3. The molecule has 2 aromatic carbocycles. The number of halogens is 2. The van der Waals surface area contributed by atoms with Crippen LogP contribution in [0.25, 0.3) is 11.3 Å². The number of Topliss-reactive ketones (excluding diaryl/α,β-unsaturated/α-hetero) is 1. The third kappa shape index (κ3) is 4.41. The molecule has 1 unspecified atom stereocenters. The molecule has 0 spiro atoms. The van der Waals surface area contributed by atoms with Gasteiger partial charge in [-0.15, -0.1) is 11.3 Å². The molecule has 0 N–H and O–H groups in total. The lowest BCUT2D eigenvalue weighted by Gasteiger charge is -2.13. The van der Waals surface area contributed by atoms with E-state index in [2.05, 4.69) is 4.98 Å². The summed E-state index contributed by atoms with van der Waals surface area (Å²) in [6.45, 7) is 0. The number of rotatable bonds is 6. The summed E-state index contributed by atoms with van der Waals surface area (Å²) in [5.41, 5.74) is 1.35. The fourth-order valence-electron chi connectivity index (χ4n) is 2.62. The second kappa shape index (κ2) is 8.84. The van der Waals surface area contributed by atoms with Gasteiger partial charge in [-0.05, 0) is 30.3 Å². The number of carbonyl (C=O) groups excluding carboxylic acids is 1. The van der Waals surface area contributed by atoms with Gasteiger partial charge in [0.25, 0.3) is 0 Å². The van der Waals surface area contributed by atoms with Crippen molar-refractivity contribution in [2.75, 3.05) is 14.1 Å². The van der Waals surface area contributed by atoms with Crippen molar-refractivity contribution in [2.24, 2.45) is 0 Å². The highest BCUT2D eigenvalue weighted by Crippen LogP contribution is 2.31. The first-order chi connectivity index (χ1) is 14.1. The molecule has 30 heavy (non-hydrogen) atoms. The van der Waals surface area contributed by atoms with E-state index in [1.807, 2.05) is 6.07 Å². The SMILES string of the molecule is CN(C)S(=O)(=O)c1ccc(Cl)c(C(=O)C(C#N)c2nc(-c3ccc(Cl)cc3)cs2)c1. The second-order valence-electron chi connectivity index (χ2n) is 6.43. The summed E-state index contributed by atoms with van der Waals surface area (Å²) in [4.78, 5) is 17.4. The number of aromatic nitrogens is 1. The van der Waals surface area contributed by atoms with Crippen molar-refractivity contribution in [3.05, 3.63) is 68.5 Å². The molecule has 0 saturated heterocycles. The number of hydrogen-bond acceptors (Lipinski definition) is 6. The van der Waals surface area contributed by atoms with Gasteiger partial charge < -0.3 is 0 Å². The van der Waals surface area contributed by atoms with Gasteiger partial charge in [0.2, 0.25) is 10.0 Å². The van der Waals surface area contributed by atoms with E-state index < -0.39 is 21.7 Å². The van der Waals surface area contributed by atoms with Crippen LogP contribution >= 0.6 is 34.5 Å². The van der Waals surface area contributed by atoms with Crippen LogP contribution in [0.5, 0.6) is 0 Å². The molecule has 0 saturated carbocycles. The third-order valence-electron chi connectivity index (χ3n) is 4.28. The van der Waals surface area contributed by atoms with Crippen LogP contribution in [0.4, 0.5) is 0 Å². The Hall–Kier alpha value is -2.28. The number of ketones is 1. The predicted molar refractivity (Wildman–Crippen MR) is 118 cm³/mol. The zero-order valence-corrected chi connectivity index (χ0v) is 19.0. The van der Waals surface area contributed by atoms with Gasteiger partial charge in [0.05, 0.1) is 21.7 Å². The zero-order valence-electron chi connectivity index (χ0n) is 15.8. The molecule has 6 nitrogen and oxygen atoms in total. The Kier molecular flexibility index (Phi) is 6.60. The number of carbonyl (C=O) groups is 1. The third-order valence-corrected chi connectivity index (χ3v) is 7.58. The minimum Gasteiger partial charge on any atom is -0.292 e. The fourth-order valence-corrected chi connectivity index (χ4v) is 4.75. The van der Waals surface area contributed by atoms with Gasteiger partial charge in [-0.2, -0.15) is 5.26 Å². The lowest BCUT2D eigenvalue weighted by atomic mass is 9.99. The van der Waals surface area contributed by atoms with Crippen molar-refractivity contribution >= 4 is 50.3 Å². The molecule has 3 aromatic rings. The van der Waals surface area contributed by atoms with Crippen molar-refractivity contribution in [1.82, 2.24) is 9.29 Å². The average Bonchev–Trinajstić information content (AvgIpc) is 3.18. The molecule has 0 aliphatic carbocycles. The van der Waals surface area contributed by atoms with Gasteiger partial charge in [-0.3, -0.25) is 4.79 Å². The van der Waals surface area contributed by atoms with Crippen LogP contribution < -0.4 is 0 Å². The number of nitriles is 1. The van der Waals surface area contributed by atoms with E-state index in [0.29, 0.717) is 15.7 Å². The predicted octanol–water partition coefficient (Wildman–Crippen LogP) is 4.86. The summed E-state index contributed by atoms with van der Waals surface area (Å²) in [5.74, 6) is -1.83. The fraction of sp³-hybridized carbons (Fsp3) is 0.150. The van der Waals surface area contributed by atoms with Gasteiger partial charge in [-0.1, -0.05) is 35.3 Å². The molecule has 154 valence electrons. The first-order valence-corrected chi connectivity index (χ1v) is 11.6.